The minimum absolute atomic E-state index is 0. The van der Waals surface area contributed by atoms with Crippen LogP contribution in [0.15, 0.2) is 30.3 Å². The van der Waals surface area contributed by atoms with Crippen LogP contribution in [0.2, 0.25) is 0 Å². The molecule has 0 aromatic heterocycles. The third kappa shape index (κ3) is 23.5. The predicted molar refractivity (Wildman–Crippen MR) is 72.1 cm³/mol. The summed E-state index contributed by atoms with van der Waals surface area (Å²) in [6.07, 6.45) is -0.404. The standard InChI is InChI=1S/C9H11NO2.CH3NO2.2CH4.2Ar/c1-10-9(11)12-7-8-5-3-2-4-6-8;1-2(3)4;;;;/h2-6H,7H2,1H3,(H,10,11);1H3;2*1H4;;. The number of hydrogen-bond donors (Lipinski definition) is 1. The van der Waals surface area contributed by atoms with Gasteiger partial charge in [0.25, 0.3) is 0 Å². The molecule has 20 heavy (non-hydrogen) atoms. The fraction of sp³-hybridized carbons (Fsp3) is 0.417. The molecule has 0 saturated heterocycles. The first-order valence-corrected chi connectivity index (χ1v) is 4.52. The van der Waals surface area contributed by atoms with E-state index in [1.54, 1.807) is 0 Å². The summed E-state index contributed by atoms with van der Waals surface area (Å²) >= 11 is 0. The maximum atomic E-state index is 10.7. The molecule has 0 heterocycles. The molecule has 120 valence electrons. The summed E-state index contributed by atoms with van der Waals surface area (Å²) in [5.74, 6) is 0. The second-order valence-corrected chi connectivity index (χ2v) is 2.75. The van der Waals surface area contributed by atoms with Crippen LogP contribution in [-0.2, 0) is 11.3 Å². The van der Waals surface area contributed by atoms with Crippen molar-refractivity contribution < 1.29 is 89.9 Å². The zero-order valence-corrected chi connectivity index (χ0v) is 11.3. The molecule has 0 atom stereocenters. The topological polar surface area (TPSA) is 81.5 Å². The smallest absolute Gasteiger partial charge is 0.407 e. The first kappa shape index (κ1) is 32.4. The molecule has 6 nitrogen and oxygen atoms in total. The van der Waals surface area contributed by atoms with Crippen LogP contribution in [0.1, 0.15) is 20.4 Å². The van der Waals surface area contributed by atoms with Gasteiger partial charge in [0.15, 0.2) is 7.05 Å². The fourth-order valence-electron chi connectivity index (χ4n) is 0.795. The number of alkyl carbamates (subject to hydrolysis) is 1. The monoisotopic (exact) mass is 338 g/mol. The van der Waals surface area contributed by atoms with Crippen molar-refractivity contribution >= 4 is 6.09 Å². The van der Waals surface area contributed by atoms with E-state index in [1.165, 1.54) is 7.05 Å². The van der Waals surface area contributed by atoms with Crippen molar-refractivity contribution in [3.8, 4) is 0 Å². The Morgan fingerprint density at radius 1 is 1.25 bits per heavy atom. The average Bonchev–Trinajstić information content (AvgIpc) is 2.26. The number of nitro groups is 1. The zero-order valence-electron chi connectivity index (χ0n) is 9.88. The van der Waals surface area contributed by atoms with E-state index in [0.29, 0.717) is 6.61 Å². The number of nitrogens with zero attached hydrogens (tertiary/aromatic N) is 1. The quantitative estimate of drug-likeness (QED) is 0.664. The minimum atomic E-state index is -0.500. The Balaban J connectivity index is -0.0000000844. The van der Waals surface area contributed by atoms with Crippen LogP contribution in [0.3, 0.4) is 0 Å². The average molecular weight is 338 g/mol. The van der Waals surface area contributed by atoms with Gasteiger partial charge in [0.05, 0.1) is 0 Å². The molecule has 0 aliphatic carbocycles. The zero-order chi connectivity index (χ0) is 12.4. The Bertz CT molecular complexity index is 333. The van der Waals surface area contributed by atoms with E-state index in [-0.39, 0.29) is 90.3 Å². The molecule has 0 aliphatic rings. The number of nitrogens with one attached hydrogen (secondary N) is 1. The van der Waals surface area contributed by atoms with Crippen molar-refractivity contribution in [2.75, 3.05) is 14.1 Å². The third-order valence-corrected chi connectivity index (χ3v) is 1.42. The normalized spacial score (nSPS) is 6.70. The van der Waals surface area contributed by atoms with E-state index in [9.17, 15) is 4.79 Å². The molecule has 1 aromatic carbocycles. The molecule has 0 unspecified atom stereocenters. The molecule has 1 rings (SSSR count). The SMILES string of the molecule is C.C.CNC(=O)OCc1ccccc1.C[N+](=O)[O-].[Ar].[Ar]. The Labute approximate surface area is 180 Å². The number of ether oxygens (including phenoxy) is 1. The van der Waals surface area contributed by atoms with Gasteiger partial charge in [0, 0.05) is 87.4 Å². The molecular formula is C12H22Ar2N2O4. The van der Waals surface area contributed by atoms with E-state index in [1.807, 2.05) is 30.3 Å². The Morgan fingerprint density at radius 2 is 1.65 bits per heavy atom. The van der Waals surface area contributed by atoms with Gasteiger partial charge in [-0.2, -0.15) is 0 Å². The van der Waals surface area contributed by atoms with Crippen LogP contribution < -0.4 is 5.32 Å². The van der Waals surface area contributed by atoms with Gasteiger partial charge in [-0.3, -0.25) is 10.1 Å². The Morgan fingerprint density at radius 3 is 2.00 bits per heavy atom. The number of hydrogen-bond acceptors (Lipinski definition) is 4. The summed E-state index contributed by atoms with van der Waals surface area (Å²) in [6, 6.07) is 9.54. The van der Waals surface area contributed by atoms with Crippen molar-refractivity contribution in [3.63, 3.8) is 0 Å². The fourth-order valence-corrected chi connectivity index (χ4v) is 0.795. The van der Waals surface area contributed by atoms with Crippen LogP contribution in [0.25, 0.3) is 0 Å². The summed E-state index contributed by atoms with van der Waals surface area (Å²) in [4.78, 5) is 19.0. The van der Waals surface area contributed by atoms with Crippen LogP contribution >= 0.6 is 0 Å². The van der Waals surface area contributed by atoms with Crippen molar-refractivity contribution in [1.29, 1.82) is 0 Å². The molecule has 1 N–H and O–H groups in total. The van der Waals surface area contributed by atoms with Crippen LogP contribution in [-0.4, -0.2) is 25.1 Å². The van der Waals surface area contributed by atoms with Crippen LogP contribution in [0.4, 0.5) is 4.79 Å². The summed E-state index contributed by atoms with van der Waals surface area (Å²) < 4.78 is 4.83. The molecule has 0 aliphatic heterocycles. The first-order valence-electron chi connectivity index (χ1n) is 4.52. The van der Waals surface area contributed by atoms with E-state index in [4.69, 9.17) is 14.9 Å². The van der Waals surface area contributed by atoms with Crippen molar-refractivity contribution in [2.24, 2.45) is 0 Å². The Hall–Kier alpha value is 0.409. The molecule has 0 radical (unpaired) electrons. The van der Waals surface area contributed by atoms with Crippen molar-refractivity contribution in [2.45, 2.75) is 21.5 Å². The minimum Gasteiger partial charge on any atom is -0.445 e. The number of carbonyl (C=O) groups excluding carboxylic acids is 1. The summed E-state index contributed by atoms with van der Waals surface area (Å²) in [5.41, 5.74) is 0.987. The van der Waals surface area contributed by atoms with E-state index >= 15 is 0 Å². The van der Waals surface area contributed by atoms with Gasteiger partial charge < -0.3 is 10.1 Å². The first-order chi connectivity index (χ1) is 7.56. The van der Waals surface area contributed by atoms with Gasteiger partial charge in [-0.25, -0.2) is 4.79 Å². The molecule has 8 heteroatoms. The van der Waals surface area contributed by atoms with Gasteiger partial charge in [-0.15, -0.1) is 0 Å². The van der Waals surface area contributed by atoms with Crippen molar-refractivity contribution in [3.05, 3.63) is 46.0 Å². The third-order valence-electron chi connectivity index (χ3n) is 1.42. The van der Waals surface area contributed by atoms with Crippen LogP contribution in [0.5, 0.6) is 0 Å². The molecule has 0 bridgehead atoms. The number of rotatable bonds is 2. The molecule has 0 saturated carbocycles. The van der Waals surface area contributed by atoms with Crippen LogP contribution in [0, 0.1) is 85.6 Å². The van der Waals surface area contributed by atoms with Gasteiger partial charge in [-0.1, -0.05) is 45.2 Å². The van der Waals surface area contributed by atoms with Crippen molar-refractivity contribution in [1.82, 2.24) is 5.32 Å². The van der Waals surface area contributed by atoms with Gasteiger partial charge in [0.1, 0.15) is 6.61 Å². The molecule has 0 spiro atoms. The maximum Gasteiger partial charge on any atom is 0.407 e. The molecule has 1 amide bonds. The maximum absolute atomic E-state index is 10.7. The summed E-state index contributed by atoms with van der Waals surface area (Å²) in [7, 11) is 2.42. The van der Waals surface area contributed by atoms with E-state index in [2.05, 4.69) is 5.32 Å². The molecule has 0 fully saturated rings. The van der Waals surface area contributed by atoms with Gasteiger partial charge in [-0.05, 0) is 5.56 Å². The largest absolute Gasteiger partial charge is 0.445 e. The van der Waals surface area contributed by atoms with Gasteiger partial charge in [0.2, 0.25) is 0 Å². The summed E-state index contributed by atoms with van der Waals surface area (Å²) in [5, 5.41) is 11.2. The molecule has 1 aromatic rings. The van der Waals surface area contributed by atoms with Gasteiger partial charge >= 0.3 is 6.09 Å². The van der Waals surface area contributed by atoms with E-state index < -0.39 is 11.0 Å². The second-order valence-electron chi connectivity index (χ2n) is 2.75. The second kappa shape index (κ2) is 21.7. The predicted octanol–water partition coefficient (Wildman–Crippen LogP) is 2.71. The number of carbonyl (C=O) groups is 1. The Kier molecular flexibility index (Phi) is 35.1. The number of benzene rings is 1. The van der Waals surface area contributed by atoms with E-state index in [0.717, 1.165) is 12.6 Å². The summed E-state index contributed by atoms with van der Waals surface area (Å²) in [6.45, 7) is 0.320. The number of amides is 1. The molecular weight excluding hydrogens is 316 g/mol.